The molecule has 0 unspecified atom stereocenters. The van der Waals surface area contributed by atoms with E-state index in [1.165, 1.54) is 0 Å². The van der Waals surface area contributed by atoms with E-state index in [0.29, 0.717) is 12.1 Å². The van der Waals surface area contributed by atoms with Gasteiger partial charge in [-0.25, -0.2) is 0 Å². The van der Waals surface area contributed by atoms with Crippen LogP contribution in [0.5, 0.6) is 0 Å². The highest BCUT2D eigenvalue weighted by Crippen LogP contribution is 2.18. The quantitative estimate of drug-likeness (QED) is 0.857. The van der Waals surface area contributed by atoms with E-state index in [2.05, 4.69) is 11.4 Å². The zero-order chi connectivity index (χ0) is 16.8. The van der Waals surface area contributed by atoms with E-state index in [9.17, 15) is 9.59 Å². The maximum atomic E-state index is 12.4. The molecular weight excluding hydrogens is 290 g/mol. The Balaban J connectivity index is 2.15. The van der Waals surface area contributed by atoms with Crippen LogP contribution in [0.2, 0.25) is 0 Å². The van der Waals surface area contributed by atoms with Gasteiger partial charge < -0.3 is 10.4 Å². The number of nitrogens with one attached hydrogen (secondary N) is 1. The zero-order valence-electron chi connectivity index (χ0n) is 13.4. The van der Waals surface area contributed by atoms with E-state index in [1.54, 1.807) is 12.1 Å². The zero-order valence-corrected chi connectivity index (χ0v) is 13.4. The lowest BCUT2D eigenvalue weighted by Gasteiger charge is -2.16. The molecule has 0 aromatic heterocycles. The molecule has 0 saturated carbocycles. The van der Waals surface area contributed by atoms with Crippen molar-refractivity contribution in [1.82, 2.24) is 0 Å². The van der Waals surface area contributed by atoms with E-state index >= 15 is 0 Å². The third-order valence-corrected chi connectivity index (χ3v) is 3.60. The third-order valence-electron chi connectivity index (χ3n) is 3.60. The molecule has 4 nitrogen and oxygen atoms in total. The van der Waals surface area contributed by atoms with Gasteiger partial charge in [0.1, 0.15) is 0 Å². The highest BCUT2D eigenvalue weighted by Gasteiger charge is 2.22. The summed E-state index contributed by atoms with van der Waals surface area (Å²) >= 11 is 0. The van der Waals surface area contributed by atoms with Crippen molar-refractivity contribution in [1.29, 1.82) is 0 Å². The highest BCUT2D eigenvalue weighted by molar-refractivity contribution is 5.94. The van der Waals surface area contributed by atoms with Crippen LogP contribution in [0.1, 0.15) is 23.1 Å². The molecule has 0 heterocycles. The van der Waals surface area contributed by atoms with Crippen LogP contribution < -0.4 is 5.32 Å². The monoisotopic (exact) mass is 311 g/mol. The highest BCUT2D eigenvalue weighted by atomic mass is 16.4. The van der Waals surface area contributed by atoms with Crippen LogP contribution in [0, 0.1) is 19.8 Å². The normalized spacial score (nSPS) is 11.7. The molecule has 0 radical (unpaired) electrons. The van der Waals surface area contributed by atoms with Crippen LogP contribution in [-0.4, -0.2) is 17.0 Å². The minimum absolute atomic E-state index is 0.189. The molecule has 2 aromatic carbocycles. The summed E-state index contributed by atoms with van der Waals surface area (Å²) in [6.07, 6.45) is 0.221. The molecule has 0 saturated heterocycles. The van der Waals surface area contributed by atoms with Gasteiger partial charge in [0.15, 0.2) is 0 Å². The van der Waals surface area contributed by atoms with Crippen molar-refractivity contribution in [3.8, 4) is 0 Å². The standard InChI is InChI=1S/C19H21NO3/c1-13-8-14(2)10-15(9-13)11-16(12-18(21)22)19(23)20-17-6-4-3-5-7-17/h3-10,16H,11-12H2,1-2H3,(H,20,23)(H,21,22)/t16-/m0/s1. The number of rotatable bonds is 6. The second-order valence-electron chi connectivity index (χ2n) is 5.85. The molecule has 4 heteroatoms. The first-order valence-electron chi connectivity index (χ1n) is 7.59. The number of hydrogen-bond acceptors (Lipinski definition) is 2. The fourth-order valence-corrected chi connectivity index (χ4v) is 2.71. The van der Waals surface area contributed by atoms with Crippen molar-refractivity contribution in [2.45, 2.75) is 26.7 Å². The van der Waals surface area contributed by atoms with E-state index < -0.39 is 11.9 Å². The Bertz CT molecular complexity index is 675. The number of aryl methyl sites for hydroxylation is 2. The molecule has 120 valence electrons. The van der Waals surface area contributed by atoms with E-state index in [1.807, 2.05) is 44.2 Å². The summed E-state index contributed by atoms with van der Waals surface area (Å²) in [4.78, 5) is 23.6. The third kappa shape index (κ3) is 5.25. The van der Waals surface area contributed by atoms with Gasteiger partial charge in [0.2, 0.25) is 5.91 Å². The van der Waals surface area contributed by atoms with Crippen molar-refractivity contribution >= 4 is 17.6 Å². The van der Waals surface area contributed by atoms with Crippen molar-refractivity contribution in [3.63, 3.8) is 0 Å². The molecular formula is C19H21NO3. The van der Waals surface area contributed by atoms with E-state index in [0.717, 1.165) is 16.7 Å². The predicted molar refractivity (Wildman–Crippen MR) is 90.4 cm³/mol. The van der Waals surface area contributed by atoms with Gasteiger partial charge in [-0.1, -0.05) is 47.5 Å². The van der Waals surface area contributed by atoms with Crippen LogP contribution in [-0.2, 0) is 16.0 Å². The number of amides is 1. The Hall–Kier alpha value is -2.62. The molecule has 2 aromatic rings. The number of carboxylic acids is 1. The van der Waals surface area contributed by atoms with Gasteiger partial charge in [0.05, 0.1) is 12.3 Å². The number of aliphatic carboxylic acids is 1. The molecule has 1 atom stereocenters. The number of carbonyl (C=O) groups is 2. The summed E-state index contributed by atoms with van der Waals surface area (Å²) in [6.45, 7) is 3.99. The molecule has 0 aliphatic rings. The Labute approximate surface area is 136 Å². The van der Waals surface area contributed by atoms with Crippen LogP contribution in [0.25, 0.3) is 0 Å². The Kier molecular flexibility index (Phi) is 5.52. The van der Waals surface area contributed by atoms with Crippen molar-refractivity contribution in [2.75, 3.05) is 5.32 Å². The minimum Gasteiger partial charge on any atom is -0.481 e. The molecule has 2 N–H and O–H groups in total. The first-order chi connectivity index (χ1) is 10.9. The number of para-hydroxylation sites is 1. The predicted octanol–water partition coefficient (Wildman–Crippen LogP) is 3.58. The maximum absolute atomic E-state index is 12.4. The largest absolute Gasteiger partial charge is 0.481 e. The fraction of sp³-hybridized carbons (Fsp3) is 0.263. The van der Waals surface area contributed by atoms with Gasteiger partial charge in [-0.2, -0.15) is 0 Å². The van der Waals surface area contributed by atoms with Crippen LogP contribution in [0.15, 0.2) is 48.5 Å². The Morgan fingerprint density at radius 1 is 1.04 bits per heavy atom. The Morgan fingerprint density at radius 3 is 2.22 bits per heavy atom. The summed E-state index contributed by atoms with van der Waals surface area (Å²) in [5.74, 6) is -1.84. The molecule has 0 bridgehead atoms. The molecule has 1 amide bonds. The molecule has 23 heavy (non-hydrogen) atoms. The smallest absolute Gasteiger partial charge is 0.304 e. The van der Waals surface area contributed by atoms with Crippen molar-refractivity contribution in [2.24, 2.45) is 5.92 Å². The van der Waals surface area contributed by atoms with Gasteiger partial charge in [-0.05, 0) is 38.0 Å². The van der Waals surface area contributed by atoms with Gasteiger partial charge in [-0.15, -0.1) is 0 Å². The first-order valence-corrected chi connectivity index (χ1v) is 7.59. The average molecular weight is 311 g/mol. The second kappa shape index (κ2) is 7.58. The van der Waals surface area contributed by atoms with Crippen LogP contribution >= 0.6 is 0 Å². The Morgan fingerprint density at radius 2 is 1.65 bits per heavy atom. The van der Waals surface area contributed by atoms with Crippen molar-refractivity contribution in [3.05, 3.63) is 65.2 Å². The van der Waals surface area contributed by atoms with Crippen LogP contribution in [0.3, 0.4) is 0 Å². The summed E-state index contributed by atoms with van der Waals surface area (Å²) in [6, 6.07) is 15.1. The maximum Gasteiger partial charge on any atom is 0.304 e. The van der Waals surface area contributed by atoms with Gasteiger partial charge >= 0.3 is 5.97 Å². The number of carbonyl (C=O) groups excluding carboxylic acids is 1. The number of hydrogen-bond donors (Lipinski definition) is 2. The first kappa shape index (κ1) is 16.7. The summed E-state index contributed by atoms with van der Waals surface area (Å²) in [5, 5.41) is 11.9. The summed E-state index contributed by atoms with van der Waals surface area (Å²) in [5.41, 5.74) is 3.88. The van der Waals surface area contributed by atoms with Crippen LogP contribution in [0.4, 0.5) is 5.69 Å². The van der Waals surface area contributed by atoms with E-state index in [-0.39, 0.29) is 12.3 Å². The number of carboxylic acid groups (broad SMARTS) is 1. The average Bonchev–Trinajstić information content (AvgIpc) is 2.46. The fourth-order valence-electron chi connectivity index (χ4n) is 2.71. The number of anilines is 1. The SMILES string of the molecule is Cc1cc(C)cc(C[C@@H](CC(=O)O)C(=O)Nc2ccccc2)c1. The molecule has 0 spiro atoms. The second-order valence-corrected chi connectivity index (χ2v) is 5.85. The molecule has 0 aliphatic carbocycles. The topological polar surface area (TPSA) is 66.4 Å². The lowest BCUT2D eigenvalue weighted by Crippen LogP contribution is -2.27. The molecule has 0 aliphatic heterocycles. The van der Waals surface area contributed by atoms with E-state index in [4.69, 9.17) is 5.11 Å². The van der Waals surface area contributed by atoms with Crippen molar-refractivity contribution < 1.29 is 14.7 Å². The molecule has 2 rings (SSSR count). The lowest BCUT2D eigenvalue weighted by molar-refractivity contribution is -0.140. The number of benzene rings is 2. The van der Waals surface area contributed by atoms with Gasteiger partial charge in [0.25, 0.3) is 0 Å². The minimum atomic E-state index is -0.970. The summed E-state index contributed by atoms with van der Waals surface area (Å²) in [7, 11) is 0. The molecule has 0 fully saturated rings. The summed E-state index contributed by atoms with van der Waals surface area (Å²) < 4.78 is 0. The lowest BCUT2D eigenvalue weighted by atomic mass is 9.93. The van der Waals surface area contributed by atoms with Gasteiger partial charge in [0, 0.05) is 5.69 Å². The van der Waals surface area contributed by atoms with Gasteiger partial charge in [-0.3, -0.25) is 9.59 Å².